The minimum absolute atomic E-state index is 0.138. The van der Waals surface area contributed by atoms with Gasteiger partial charge in [-0.05, 0) is 31.2 Å². The average Bonchev–Trinajstić information content (AvgIpc) is 2.49. The second-order valence-corrected chi connectivity index (χ2v) is 4.72. The zero-order valence-corrected chi connectivity index (χ0v) is 12.4. The summed E-state index contributed by atoms with van der Waals surface area (Å²) in [4.78, 5) is 11.8. The Hall–Kier alpha value is -2.21. The van der Waals surface area contributed by atoms with Crippen LogP contribution in [0.3, 0.4) is 0 Å². The number of benzene rings is 1. The van der Waals surface area contributed by atoms with Gasteiger partial charge in [0, 0.05) is 18.8 Å². The van der Waals surface area contributed by atoms with Crippen molar-refractivity contribution in [2.75, 3.05) is 24.2 Å². The number of nitrogens with zero attached hydrogens (tertiary/aromatic N) is 2. The topological polar surface area (TPSA) is 82.2 Å². The van der Waals surface area contributed by atoms with E-state index in [1.807, 2.05) is 6.92 Å². The quantitative estimate of drug-likeness (QED) is 0.630. The lowest BCUT2D eigenvalue weighted by atomic mass is 10.3. The summed E-state index contributed by atoms with van der Waals surface area (Å²) in [7, 11) is 0. The highest BCUT2D eigenvalue weighted by molar-refractivity contribution is 6.32. The molecule has 112 valence electrons. The van der Waals surface area contributed by atoms with Gasteiger partial charge in [-0.1, -0.05) is 11.6 Å². The van der Waals surface area contributed by atoms with Gasteiger partial charge in [0.2, 0.25) is 0 Å². The summed E-state index contributed by atoms with van der Waals surface area (Å²) < 4.78 is 6.84. The highest BCUT2D eigenvalue weighted by Gasteiger charge is 2.07. The maximum absolute atomic E-state index is 11.8. The molecule has 1 aromatic heterocycles. The SMILES string of the molecule is CCn1ncc(NCCOc2ccc(N)cc2)c(Cl)c1=O. The second kappa shape index (κ2) is 6.99. The van der Waals surface area contributed by atoms with E-state index < -0.39 is 0 Å². The maximum Gasteiger partial charge on any atom is 0.287 e. The molecule has 0 saturated carbocycles. The number of aromatic nitrogens is 2. The third kappa shape index (κ3) is 3.88. The predicted molar refractivity (Wildman–Crippen MR) is 84.0 cm³/mol. The van der Waals surface area contributed by atoms with Crippen molar-refractivity contribution in [2.24, 2.45) is 0 Å². The number of halogens is 1. The fourth-order valence-corrected chi connectivity index (χ4v) is 1.95. The van der Waals surface area contributed by atoms with Gasteiger partial charge in [0.25, 0.3) is 5.56 Å². The van der Waals surface area contributed by atoms with E-state index in [0.29, 0.717) is 31.1 Å². The van der Waals surface area contributed by atoms with E-state index in [4.69, 9.17) is 22.1 Å². The van der Waals surface area contributed by atoms with Crippen LogP contribution in [0.2, 0.25) is 5.02 Å². The Morgan fingerprint density at radius 2 is 2.10 bits per heavy atom. The van der Waals surface area contributed by atoms with Crippen LogP contribution in [0.5, 0.6) is 5.75 Å². The van der Waals surface area contributed by atoms with Crippen molar-refractivity contribution in [2.45, 2.75) is 13.5 Å². The highest BCUT2D eigenvalue weighted by Crippen LogP contribution is 2.15. The molecule has 7 heteroatoms. The smallest absolute Gasteiger partial charge is 0.287 e. The zero-order valence-electron chi connectivity index (χ0n) is 11.7. The van der Waals surface area contributed by atoms with Crippen LogP contribution in [-0.2, 0) is 6.54 Å². The summed E-state index contributed by atoms with van der Waals surface area (Å²) in [5.41, 5.74) is 6.49. The van der Waals surface area contributed by atoms with E-state index in [1.54, 1.807) is 24.3 Å². The van der Waals surface area contributed by atoms with Crippen LogP contribution in [0.4, 0.5) is 11.4 Å². The van der Waals surface area contributed by atoms with Crippen LogP contribution in [-0.4, -0.2) is 22.9 Å². The van der Waals surface area contributed by atoms with Crippen LogP contribution in [0, 0.1) is 0 Å². The molecule has 6 nitrogen and oxygen atoms in total. The summed E-state index contributed by atoms with van der Waals surface area (Å²) in [5, 5.41) is 7.17. The monoisotopic (exact) mass is 308 g/mol. The number of nitrogens with two attached hydrogens (primary N) is 1. The summed E-state index contributed by atoms with van der Waals surface area (Å²) >= 11 is 6.00. The molecule has 0 atom stereocenters. The molecule has 1 aromatic carbocycles. The van der Waals surface area contributed by atoms with Crippen molar-refractivity contribution >= 4 is 23.0 Å². The molecule has 21 heavy (non-hydrogen) atoms. The average molecular weight is 309 g/mol. The van der Waals surface area contributed by atoms with Crippen molar-refractivity contribution < 1.29 is 4.74 Å². The molecular weight excluding hydrogens is 292 g/mol. The zero-order chi connectivity index (χ0) is 15.2. The highest BCUT2D eigenvalue weighted by atomic mass is 35.5. The number of hydrogen-bond acceptors (Lipinski definition) is 5. The van der Waals surface area contributed by atoms with E-state index >= 15 is 0 Å². The van der Waals surface area contributed by atoms with Crippen LogP contribution in [0.25, 0.3) is 0 Å². The van der Waals surface area contributed by atoms with Crippen LogP contribution in [0.1, 0.15) is 6.92 Å². The van der Waals surface area contributed by atoms with Gasteiger partial charge in [0.1, 0.15) is 17.4 Å². The molecule has 0 bridgehead atoms. The first-order valence-corrected chi connectivity index (χ1v) is 6.97. The van der Waals surface area contributed by atoms with E-state index in [2.05, 4.69) is 10.4 Å². The fourth-order valence-electron chi connectivity index (χ4n) is 1.73. The number of rotatable bonds is 6. The molecule has 0 aliphatic rings. The lowest BCUT2D eigenvalue weighted by Crippen LogP contribution is -2.24. The summed E-state index contributed by atoms with van der Waals surface area (Å²) in [6.45, 7) is 3.25. The molecular formula is C14H17ClN4O2. The lowest BCUT2D eigenvalue weighted by molar-refractivity contribution is 0.333. The minimum atomic E-state index is -0.302. The fraction of sp³-hybridized carbons (Fsp3) is 0.286. The van der Waals surface area contributed by atoms with E-state index in [-0.39, 0.29) is 10.6 Å². The first kappa shape index (κ1) is 15.2. The van der Waals surface area contributed by atoms with Gasteiger partial charge >= 0.3 is 0 Å². The van der Waals surface area contributed by atoms with Crippen LogP contribution >= 0.6 is 11.6 Å². The summed E-state index contributed by atoms with van der Waals surface area (Å²) in [6, 6.07) is 7.14. The Kier molecular flexibility index (Phi) is 5.05. The molecule has 0 fully saturated rings. The third-order valence-electron chi connectivity index (χ3n) is 2.85. The molecule has 0 aliphatic carbocycles. The lowest BCUT2D eigenvalue weighted by Gasteiger charge is -2.10. The van der Waals surface area contributed by atoms with Crippen LogP contribution < -0.4 is 21.3 Å². The van der Waals surface area contributed by atoms with Crippen molar-refractivity contribution in [3.05, 3.63) is 45.8 Å². The molecule has 0 spiro atoms. The van der Waals surface area contributed by atoms with Gasteiger partial charge in [0.05, 0.1) is 11.9 Å². The van der Waals surface area contributed by atoms with Gasteiger partial charge in [-0.15, -0.1) is 0 Å². The normalized spacial score (nSPS) is 10.4. The Balaban J connectivity index is 1.88. The van der Waals surface area contributed by atoms with Gasteiger partial charge in [-0.3, -0.25) is 4.79 Å². The summed E-state index contributed by atoms with van der Waals surface area (Å²) in [6.07, 6.45) is 1.54. The molecule has 0 amide bonds. The molecule has 3 N–H and O–H groups in total. The van der Waals surface area contributed by atoms with Gasteiger partial charge in [0.15, 0.2) is 0 Å². The first-order valence-electron chi connectivity index (χ1n) is 6.59. The second-order valence-electron chi connectivity index (χ2n) is 4.34. The Morgan fingerprint density at radius 3 is 2.76 bits per heavy atom. The van der Waals surface area contributed by atoms with E-state index in [0.717, 1.165) is 5.75 Å². The Labute approximate surface area is 127 Å². The minimum Gasteiger partial charge on any atom is -0.492 e. The van der Waals surface area contributed by atoms with Crippen molar-refractivity contribution in [3.63, 3.8) is 0 Å². The standard InChI is InChI=1S/C14H17ClN4O2/c1-2-19-14(20)13(15)12(9-18-19)17-7-8-21-11-5-3-10(16)4-6-11/h3-6,9,17H,2,7-8,16H2,1H3. The van der Waals surface area contributed by atoms with E-state index in [9.17, 15) is 4.79 Å². The van der Waals surface area contributed by atoms with Crippen LogP contribution in [0.15, 0.2) is 35.3 Å². The molecule has 0 unspecified atom stereocenters. The number of nitrogen functional groups attached to an aromatic ring is 1. The molecule has 0 radical (unpaired) electrons. The van der Waals surface area contributed by atoms with Crippen molar-refractivity contribution in [1.29, 1.82) is 0 Å². The number of aryl methyl sites for hydroxylation is 1. The molecule has 0 saturated heterocycles. The molecule has 1 heterocycles. The number of nitrogens with one attached hydrogen (secondary N) is 1. The summed E-state index contributed by atoms with van der Waals surface area (Å²) in [5.74, 6) is 0.733. The van der Waals surface area contributed by atoms with Gasteiger partial charge in [-0.25, -0.2) is 4.68 Å². The maximum atomic E-state index is 11.8. The number of ether oxygens (including phenoxy) is 1. The predicted octanol–water partition coefficient (Wildman–Crippen LogP) is 1.99. The molecule has 0 aliphatic heterocycles. The number of anilines is 2. The Bertz CT molecular complexity index is 655. The van der Waals surface area contributed by atoms with Crippen molar-refractivity contribution in [1.82, 2.24) is 9.78 Å². The van der Waals surface area contributed by atoms with Crippen molar-refractivity contribution in [3.8, 4) is 5.75 Å². The number of hydrogen-bond donors (Lipinski definition) is 2. The van der Waals surface area contributed by atoms with E-state index in [1.165, 1.54) is 10.9 Å². The third-order valence-corrected chi connectivity index (χ3v) is 3.22. The Morgan fingerprint density at radius 1 is 1.38 bits per heavy atom. The molecule has 2 rings (SSSR count). The molecule has 2 aromatic rings. The first-order chi connectivity index (χ1) is 10.1. The van der Waals surface area contributed by atoms with Gasteiger partial charge < -0.3 is 15.8 Å². The largest absolute Gasteiger partial charge is 0.492 e. The van der Waals surface area contributed by atoms with Gasteiger partial charge in [-0.2, -0.15) is 5.10 Å².